The number of hydrogen-bond acceptors (Lipinski definition) is 22. The Hall–Kier alpha value is -4.74. The van der Waals surface area contributed by atoms with Gasteiger partial charge in [0.15, 0.2) is 67.7 Å². The molecule has 3 saturated heterocycles. The second-order valence-electron chi connectivity index (χ2n) is 17.7. The van der Waals surface area contributed by atoms with Gasteiger partial charge in [0.05, 0.1) is 29.6 Å². The van der Waals surface area contributed by atoms with Crippen LogP contribution in [0.3, 0.4) is 0 Å². The number of carbonyl (C=O) groups is 8. The van der Waals surface area contributed by atoms with E-state index in [-0.39, 0.29) is 6.61 Å². The molecule has 368 valence electrons. The van der Waals surface area contributed by atoms with Crippen molar-refractivity contribution in [2.45, 2.75) is 189 Å². The first-order valence-corrected chi connectivity index (χ1v) is 21.0. The Kier molecular flexibility index (Phi) is 19.4. The first-order chi connectivity index (χ1) is 30.0. The van der Waals surface area contributed by atoms with Crippen molar-refractivity contribution in [1.29, 1.82) is 0 Å². The second-order valence-corrected chi connectivity index (χ2v) is 17.7. The highest BCUT2D eigenvalue weighted by Crippen LogP contribution is 2.39. The highest BCUT2D eigenvalue weighted by atomic mass is 16.8. The predicted molar refractivity (Wildman–Crippen MR) is 216 cm³/mol. The van der Waals surface area contributed by atoms with Crippen LogP contribution in [0, 0.1) is 10.8 Å². The van der Waals surface area contributed by atoms with Crippen LogP contribution < -0.4 is 0 Å². The molecule has 3 rings (SSSR count). The highest BCUT2D eigenvalue weighted by molar-refractivity contribution is 5.76. The van der Waals surface area contributed by atoms with Crippen molar-refractivity contribution in [2.75, 3.05) is 13.2 Å². The van der Waals surface area contributed by atoms with Crippen LogP contribution in [-0.2, 0) is 105 Å². The molecule has 22 heteroatoms. The third kappa shape index (κ3) is 15.4. The molecule has 0 aromatic rings. The van der Waals surface area contributed by atoms with Crippen LogP contribution in [0.15, 0.2) is 12.7 Å². The van der Waals surface area contributed by atoms with E-state index < -0.39 is 157 Å². The highest BCUT2D eigenvalue weighted by Gasteiger charge is 2.59. The maximum Gasteiger partial charge on any atom is 0.311 e. The summed E-state index contributed by atoms with van der Waals surface area (Å²) >= 11 is 0. The summed E-state index contributed by atoms with van der Waals surface area (Å²) < 4.78 is 83.4. The van der Waals surface area contributed by atoms with Crippen molar-refractivity contribution in [3.63, 3.8) is 0 Å². The predicted octanol–water partition coefficient (Wildman–Crippen LogP) is 2.31. The molecule has 0 bridgehead atoms. The monoisotopic (exact) mass is 932 g/mol. The Morgan fingerprint density at radius 1 is 0.462 bits per heavy atom. The van der Waals surface area contributed by atoms with Crippen LogP contribution in [0.4, 0.5) is 0 Å². The van der Waals surface area contributed by atoms with E-state index in [1.165, 1.54) is 19.9 Å². The molecule has 0 aliphatic carbocycles. The zero-order chi connectivity index (χ0) is 49.3. The first kappa shape index (κ1) is 54.6. The zero-order valence-electron chi connectivity index (χ0n) is 39.3. The molecule has 0 spiro atoms. The van der Waals surface area contributed by atoms with Crippen LogP contribution in [0.5, 0.6) is 0 Å². The topological polar surface area (TPSA) is 266 Å². The van der Waals surface area contributed by atoms with Crippen LogP contribution in [0.2, 0.25) is 0 Å². The summed E-state index contributed by atoms with van der Waals surface area (Å²) in [6.07, 6.45) is -21.6. The fraction of sp³-hybridized carbons (Fsp3) is 0.767. The van der Waals surface area contributed by atoms with E-state index in [0.717, 1.165) is 41.5 Å². The van der Waals surface area contributed by atoms with Gasteiger partial charge in [-0.15, -0.1) is 6.58 Å². The minimum atomic E-state index is -1.75. The third-order valence-corrected chi connectivity index (χ3v) is 9.67. The summed E-state index contributed by atoms with van der Waals surface area (Å²) in [6.45, 7) is 21.8. The van der Waals surface area contributed by atoms with Crippen molar-refractivity contribution < 1.29 is 105 Å². The molecule has 65 heavy (non-hydrogen) atoms. The van der Waals surface area contributed by atoms with Gasteiger partial charge in [-0.05, 0) is 55.4 Å². The number of rotatable bonds is 16. The number of ether oxygens (including phenoxy) is 14. The molecule has 0 amide bonds. The molecule has 3 fully saturated rings. The lowest BCUT2D eigenvalue weighted by Crippen LogP contribution is -2.68. The number of esters is 8. The maximum absolute atomic E-state index is 14.1. The number of carbonyl (C=O) groups excluding carboxylic acids is 8. The van der Waals surface area contributed by atoms with Crippen molar-refractivity contribution in [3.8, 4) is 0 Å². The van der Waals surface area contributed by atoms with Gasteiger partial charge in [-0.3, -0.25) is 38.4 Å². The summed E-state index contributed by atoms with van der Waals surface area (Å²) in [6, 6.07) is 0. The van der Waals surface area contributed by atoms with E-state index in [1.807, 2.05) is 0 Å². The van der Waals surface area contributed by atoms with Gasteiger partial charge in [-0.2, -0.15) is 0 Å². The van der Waals surface area contributed by atoms with Gasteiger partial charge < -0.3 is 66.3 Å². The number of hydrogen-bond donors (Lipinski definition) is 0. The second kappa shape index (κ2) is 23.1. The Morgan fingerprint density at radius 2 is 0.815 bits per heavy atom. The van der Waals surface area contributed by atoms with Crippen LogP contribution in [0.25, 0.3) is 0 Å². The van der Waals surface area contributed by atoms with Crippen molar-refractivity contribution in [2.24, 2.45) is 10.8 Å². The Balaban J connectivity index is 2.35. The fourth-order valence-corrected chi connectivity index (χ4v) is 6.90. The van der Waals surface area contributed by atoms with Gasteiger partial charge in [0.1, 0.15) is 18.8 Å². The SMILES string of the molecule is C=CCO[C@@H]1O[C@H](COC(=O)C(C)(C)C)[C@@H](O[C@@H]2O[C@@H](C)[C@H](OC(C)=O)[C@@H](OC(C)=O)[C@H]2OC(C)=O)[C@H](OC(=O)C(C)(C)C)[C@H]1O[C@@H]1O[C@@H](C)[C@H](OC(C)=O)[C@@H](OC(C)=O)[C@H]1OC(C)=O. The summed E-state index contributed by atoms with van der Waals surface area (Å²) in [7, 11) is 0. The lowest BCUT2D eigenvalue weighted by Gasteiger charge is -2.50. The Bertz CT molecular complexity index is 1730. The molecule has 15 atom stereocenters. The van der Waals surface area contributed by atoms with E-state index in [2.05, 4.69) is 6.58 Å². The van der Waals surface area contributed by atoms with Crippen LogP contribution >= 0.6 is 0 Å². The molecular formula is C43H64O22. The van der Waals surface area contributed by atoms with Gasteiger partial charge in [-0.25, -0.2) is 0 Å². The molecular weight excluding hydrogens is 868 g/mol. The minimum Gasteiger partial charge on any atom is -0.462 e. The van der Waals surface area contributed by atoms with Gasteiger partial charge in [0, 0.05) is 41.5 Å². The van der Waals surface area contributed by atoms with Crippen molar-refractivity contribution >= 4 is 47.8 Å². The van der Waals surface area contributed by atoms with E-state index in [1.54, 1.807) is 41.5 Å². The molecule has 3 aliphatic heterocycles. The summed E-state index contributed by atoms with van der Waals surface area (Å²) in [5.41, 5.74) is -2.25. The molecule has 3 heterocycles. The lowest BCUT2D eigenvalue weighted by atomic mass is 9.94. The third-order valence-electron chi connectivity index (χ3n) is 9.67. The van der Waals surface area contributed by atoms with Gasteiger partial charge in [0.25, 0.3) is 0 Å². The van der Waals surface area contributed by atoms with E-state index >= 15 is 0 Å². The minimum absolute atomic E-state index is 0.218. The summed E-state index contributed by atoms with van der Waals surface area (Å²) in [5.74, 6) is -6.60. The van der Waals surface area contributed by atoms with E-state index in [4.69, 9.17) is 66.3 Å². The largest absolute Gasteiger partial charge is 0.462 e. The Morgan fingerprint density at radius 3 is 1.18 bits per heavy atom. The average molecular weight is 933 g/mol. The van der Waals surface area contributed by atoms with E-state index in [9.17, 15) is 38.4 Å². The smallest absolute Gasteiger partial charge is 0.311 e. The van der Waals surface area contributed by atoms with Crippen LogP contribution in [0.1, 0.15) is 96.9 Å². The molecule has 22 nitrogen and oxygen atoms in total. The van der Waals surface area contributed by atoms with Gasteiger partial charge >= 0.3 is 47.8 Å². The maximum atomic E-state index is 14.1. The molecule has 0 unspecified atom stereocenters. The quantitative estimate of drug-likeness (QED) is 0.122. The normalized spacial score (nSPS) is 32.7. The zero-order valence-corrected chi connectivity index (χ0v) is 39.3. The molecule has 0 aromatic carbocycles. The van der Waals surface area contributed by atoms with Gasteiger partial charge in [-0.1, -0.05) is 6.08 Å². The molecule has 0 saturated carbocycles. The molecule has 0 aromatic heterocycles. The summed E-state index contributed by atoms with van der Waals surface area (Å²) in [5, 5.41) is 0. The average Bonchev–Trinajstić information content (AvgIpc) is 3.15. The Labute approximate surface area is 377 Å². The fourth-order valence-electron chi connectivity index (χ4n) is 6.90. The van der Waals surface area contributed by atoms with Gasteiger partial charge in [0.2, 0.25) is 0 Å². The van der Waals surface area contributed by atoms with E-state index in [0.29, 0.717) is 0 Å². The standard InChI is InChI=1S/C43H64O22/c1-16-17-52-37-34(64-39-36(61-26(9)49)32(59-24(7)47)29(20(3)55-39)57-22(5)45)33(65-41(51)43(13,14)15)30(27(62-37)18-53-40(50)42(10,11)12)63-38-35(60-25(8)48)31(58-23(6)46)28(19(2)54-38)56-21(4)44/h16,19-20,27-39H,1,17-18H2,2-15H3/t19-,20-,27+,28-,29-,30+,31+,32+,33-,34+,35+,36+,37+,38-,39-/m0/s1. The summed E-state index contributed by atoms with van der Waals surface area (Å²) in [4.78, 5) is 102. The first-order valence-electron chi connectivity index (χ1n) is 21.0. The van der Waals surface area contributed by atoms with Crippen LogP contribution in [-0.4, -0.2) is 153 Å². The lowest BCUT2D eigenvalue weighted by molar-refractivity contribution is -0.384. The molecule has 3 aliphatic rings. The molecule has 0 N–H and O–H groups in total. The molecule has 0 radical (unpaired) electrons. The van der Waals surface area contributed by atoms with Crippen molar-refractivity contribution in [1.82, 2.24) is 0 Å². The van der Waals surface area contributed by atoms with Crippen molar-refractivity contribution in [3.05, 3.63) is 12.7 Å².